The van der Waals surface area contributed by atoms with Gasteiger partial charge in [0.15, 0.2) is 5.82 Å². The summed E-state index contributed by atoms with van der Waals surface area (Å²) in [6.07, 6.45) is 2.70. The van der Waals surface area contributed by atoms with Crippen molar-refractivity contribution in [2.75, 3.05) is 6.54 Å². The standard InChI is InChI=1S/C18H21N5O3/c1-11-21-17(26-23-11)7-8-19-18(25)16(22-12(2)24)9-13-10-20-15-6-4-3-5-14(13)15/h3-6,10,16,20H,7-9H2,1-2H3,(H,19,25)(H,22,24). The molecule has 2 heterocycles. The Balaban J connectivity index is 1.64. The van der Waals surface area contributed by atoms with E-state index in [1.807, 2.05) is 30.5 Å². The first kappa shape index (κ1) is 17.7. The van der Waals surface area contributed by atoms with Crippen LogP contribution in [0.2, 0.25) is 0 Å². The number of aromatic nitrogens is 3. The number of aromatic amines is 1. The summed E-state index contributed by atoms with van der Waals surface area (Å²) >= 11 is 0. The third kappa shape index (κ3) is 4.27. The highest BCUT2D eigenvalue weighted by Gasteiger charge is 2.21. The van der Waals surface area contributed by atoms with Crippen LogP contribution in [0.3, 0.4) is 0 Å². The summed E-state index contributed by atoms with van der Waals surface area (Å²) in [5, 5.41) is 10.3. The second kappa shape index (κ2) is 7.81. The minimum Gasteiger partial charge on any atom is -0.361 e. The van der Waals surface area contributed by atoms with Crippen molar-refractivity contribution >= 4 is 22.7 Å². The first-order valence-electron chi connectivity index (χ1n) is 8.42. The number of nitrogens with zero attached hydrogens (tertiary/aromatic N) is 2. The fourth-order valence-corrected chi connectivity index (χ4v) is 2.83. The number of amides is 2. The zero-order chi connectivity index (χ0) is 18.5. The van der Waals surface area contributed by atoms with Gasteiger partial charge < -0.3 is 20.1 Å². The number of H-pyrrole nitrogens is 1. The highest BCUT2D eigenvalue weighted by molar-refractivity contribution is 5.89. The Labute approximate surface area is 150 Å². The molecule has 0 spiro atoms. The Morgan fingerprint density at radius 1 is 1.31 bits per heavy atom. The van der Waals surface area contributed by atoms with Crippen molar-refractivity contribution in [1.82, 2.24) is 25.8 Å². The number of nitrogens with one attached hydrogen (secondary N) is 3. The van der Waals surface area contributed by atoms with E-state index >= 15 is 0 Å². The minimum atomic E-state index is -0.656. The Bertz CT molecular complexity index is 914. The number of aryl methyl sites for hydroxylation is 1. The molecule has 3 aromatic rings. The third-order valence-electron chi connectivity index (χ3n) is 4.00. The molecule has 3 N–H and O–H groups in total. The normalized spacial score (nSPS) is 12.1. The van der Waals surface area contributed by atoms with Gasteiger partial charge >= 0.3 is 0 Å². The van der Waals surface area contributed by atoms with Gasteiger partial charge in [-0.3, -0.25) is 9.59 Å². The number of benzene rings is 1. The van der Waals surface area contributed by atoms with E-state index in [0.29, 0.717) is 31.1 Å². The second-order valence-corrected chi connectivity index (χ2v) is 6.09. The maximum Gasteiger partial charge on any atom is 0.242 e. The summed E-state index contributed by atoms with van der Waals surface area (Å²) in [6.45, 7) is 3.49. The van der Waals surface area contributed by atoms with E-state index in [0.717, 1.165) is 16.5 Å². The van der Waals surface area contributed by atoms with Crippen LogP contribution in [0.25, 0.3) is 10.9 Å². The molecule has 136 valence electrons. The number of carbonyl (C=O) groups is 2. The zero-order valence-corrected chi connectivity index (χ0v) is 14.7. The van der Waals surface area contributed by atoms with E-state index in [1.165, 1.54) is 6.92 Å². The van der Waals surface area contributed by atoms with E-state index in [1.54, 1.807) is 6.92 Å². The van der Waals surface area contributed by atoms with Gasteiger partial charge in [-0.25, -0.2) is 0 Å². The number of para-hydroxylation sites is 1. The third-order valence-corrected chi connectivity index (χ3v) is 4.00. The van der Waals surface area contributed by atoms with Gasteiger partial charge in [-0.2, -0.15) is 4.98 Å². The molecule has 0 saturated carbocycles. The van der Waals surface area contributed by atoms with Crippen molar-refractivity contribution in [2.45, 2.75) is 32.7 Å². The molecule has 1 unspecified atom stereocenters. The Morgan fingerprint density at radius 2 is 2.12 bits per heavy atom. The maximum absolute atomic E-state index is 12.5. The lowest BCUT2D eigenvalue weighted by atomic mass is 10.0. The van der Waals surface area contributed by atoms with Crippen LogP contribution >= 0.6 is 0 Å². The quantitative estimate of drug-likeness (QED) is 0.591. The van der Waals surface area contributed by atoms with Gasteiger partial charge in [0.2, 0.25) is 17.7 Å². The van der Waals surface area contributed by atoms with Crippen LogP contribution in [-0.2, 0) is 22.4 Å². The SMILES string of the molecule is CC(=O)NC(Cc1c[nH]c2ccccc12)C(=O)NCCc1nc(C)no1. The predicted molar refractivity (Wildman–Crippen MR) is 95.4 cm³/mol. The monoisotopic (exact) mass is 355 g/mol. The van der Waals surface area contributed by atoms with Gasteiger partial charge in [0, 0.05) is 43.4 Å². The summed E-state index contributed by atoms with van der Waals surface area (Å²) in [7, 11) is 0. The fourth-order valence-electron chi connectivity index (χ4n) is 2.83. The van der Waals surface area contributed by atoms with Crippen molar-refractivity contribution in [1.29, 1.82) is 0 Å². The smallest absolute Gasteiger partial charge is 0.242 e. The lowest BCUT2D eigenvalue weighted by Gasteiger charge is -2.17. The predicted octanol–water partition coefficient (Wildman–Crippen LogP) is 1.27. The minimum absolute atomic E-state index is 0.248. The summed E-state index contributed by atoms with van der Waals surface area (Å²) in [5.41, 5.74) is 1.97. The van der Waals surface area contributed by atoms with Crippen LogP contribution in [0, 0.1) is 6.92 Å². The molecule has 1 aromatic carbocycles. The van der Waals surface area contributed by atoms with E-state index in [9.17, 15) is 9.59 Å². The maximum atomic E-state index is 12.5. The molecule has 3 rings (SSSR count). The average molecular weight is 355 g/mol. The first-order chi connectivity index (χ1) is 12.5. The van der Waals surface area contributed by atoms with Crippen LogP contribution in [0.5, 0.6) is 0 Å². The van der Waals surface area contributed by atoms with Crippen LogP contribution in [-0.4, -0.2) is 39.5 Å². The van der Waals surface area contributed by atoms with Gasteiger partial charge in [-0.1, -0.05) is 23.4 Å². The van der Waals surface area contributed by atoms with Crippen molar-refractivity contribution in [3.05, 3.63) is 47.7 Å². The summed E-state index contributed by atoms with van der Waals surface area (Å²) < 4.78 is 5.02. The molecule has 0 bridgehead atoms. The molecular weight excluding hydrogens is 334 g/mol. The van der Waals surface area contributed by atoms with Gasteiger partial charge in [-0.05, 0) is 18.6 Å². The van der Waals surface area contributed by atoms with Crippen molar-refractivity contribution in [3.63, 3.8) is 0 Å². The molecule has 0 aliphatic carbocycles. The van der Waals surface area contributed by atoms with Crippen LogP contribution in [0.1, 0.15) is 24.2 Å². The van der Waals surface area contributed by atoms with Gasteiger partial charge in [-0.15, -0.1) is 0 Å². The molecule has 0 fully saturated rings. The van der Waals surface area contributed by atoms with E-state index in [2.05, 4.69) is 25.8 Å². The molecule has 8 nitrogen and oxygen atoms in total. The van der Waals surface area contributed by atoms with E-state index in [-0.39, 0.29) is 11.8 Å². The van der Waals surface area contributed by atoms with Crippen molar-refractivity contribution in [3.8, 4) is 0 Å². The topological polar surface area (TPSA) is 113 Å². The molecular formula is C18H21N5O3. The molecule has 8 heteroatoms. The lowest BCUT2D eigenvalue weighted by Crippen LogP contribution is -2.47. The van der Waals surface area contributed by atoms with Gasteiger partial charge in [0.25, 0.3) is 0 Å². The van der Waals surface area contributed by atoms with Crippen LogP contribution in [0.4, 0.5) is 0 Å². The highest BCUT2D eigenvalue weighted by Crippen LogP contribution is 2.19. The van der Waals surface area contributed by atoms with E-state index < -0.39 is 6.04 Å². The number of rotatable bonds is 7. The summed E-state index contributed by atoms with van der Waals surface area (Å²) in [5.74, 6) is 0.525. The zero-order valence-electron chi connectivity index (χ0n) is 14.7. The summed E-state index contributed by atoms with van der Waals surface area (Å²) in [4.78, 5) is 31.3. The number of hydrogen-bond acceptors (Lipinski definition) is 5. The number of fused-ring (bicyclic) bond motifs is 1. The van der Waals surface area contributed by atoms with Crippen LogP contribution < -0.4 is 10.6 Å². The first-order valence-corrected chi connectivity index (χ1v) is 8.42. The molecule has 0 saturated heterocycles. The molecule has 0 radical (unpaired) electrons. The molecule has 1 atom stereocenters. The fraction of sp³-hybridized carbons (Fsp3) is 0.333. The van der Waals surface area contributed by atoms with Crippen LogP contribution in [0.15, 0.2) is 35.0 Å². The highest BCUT2D eigenvalue weighted by atomic mass is 16.5. The van der Waals surface area contributed by atoms with Gasteiger partial charge in [0.1, 0.15) is 6.04 Å². The molecule has 2 aromatic heterocycles. The molecule has 26 heavy (non-hydrogen) atoms. The van der Waals surface area contributed by atoms with Crippen molar-refractivity contribution < 1.29 is 14.1 Å². The average Bonchev–Trinajstić information content (AvgIpc) is 3.20. The molecule has 0 aliphatic heterocycles. The van der Waals surface area contributed by atoms with Gasteiger partial charge in [0.05, 0.1) is 0 Å². The lowest BCUT2D eigenvalue weighted by molar-refractivity contribution is -0.128. The second-order valence-electron chi connectivity index (χ2n) is 6.09. The Hall–Kier alpha value is -3.16. The number of hydrogen-bond donors (Lipinski definition) is 3. The number of carbonyl (C=O) groups excluding carboxylic acids is 2. The Morgan fingerprint density at radius 3 is 2.85 bits per heavy atom. The van der Waals surface area contributed by atoms with E-state index in [4.69, 9.17) is 4.52 Å². The Kier molecular flexibility index (Phi) is 5.31. The summed E-state index contributed by atoms with van der Waals surface area (Å²) in [6, 6.07) is 7.19. The molecule has 2 amide bonds. The largest absolute Gasteiger partial charge is 0.361 e. The van der Waals surface area contributed by atoms with Crippen molar-refractivity contribution in [2.24, 2.45) is 0 Å². The molecule has 0 aliphatic rings.